The molecule has 0 fully saturated rings. The fourth-order valence-electron chi connectivity index (χ4n) is 1.38. The molecule has 1 aromatic rings. The molecule has 0 heterocycles. The average molecular weight is 210 g/mol. The van der Waals surface area contributed by atoms with E-state index in [0.717, 1.165) is 5.56 Å². The summed E-state index contributed by atoms with van der Waals surface area (Å²) in [6.07, 6.45) is 0.396. The molecule has 0 aliphatic rings. The summed E-state index contributed by atoms with van der Waals surface area (Å²) < 4.78 is 0. The van der Waals surface area contributed by atoms with E-state index in [1.807, 2.05) is 18.2 Å². The molecule has 0 bridgehead atoms. The predicted molar refractivity (Wildman–Crippen MR) is 56.1 cm³/mol. The Balaban J connectivity index is 3.14. The maximum atomic E-state index is 9.07. The van der Waals surface area contributed by atoms with Crippen LogP contribution in [0.15, 0.2) is 24.3 Å². The van der Waals surface area contributed by atoms with Crippen molar-refractivity contribution in [3.05, 3.63) is 34.9 Å². The van der Waals surface area contributed by atoms with Crippen LogP contribution >= 0.6 is 11.6 Å². The van der Waals surface area contributed by atoms with Gasteiger partial charge in [0.2, 0.25) is 0 Å². The highest BCUT2D eigenvalue weighted by molar-refractivity contribution is 6.31. The Hall–Kier alpha value is -1.04. The van der Waals surface area contributed by atoms with Crippen molar-refractivity contribution in [1.82, 2.24) is 0 Å². The number of aliphatic hydroxyl groups excluding tert-OH is 1. The first-order valence-electron chi connectivity index (χ1n) is 4.41. The minimum absolute atomic E-state index is 0.0186. The lowest BCUT2D eigenvalue weighted by Crippen LogP contribution is -2.21. The second-order valence-corrected chi connectivity index (χ2v) is 3.80. The van der Waals surface area contributed by atoms with E-state index in [1.165, 1.54) is 0 Å². The van der Waals surface area contributed by atoms with Crippen molar-refractivity contribution >= 4 is 11.6 Å². The summed E-state index contributed by atoms with van der Waals surface area (Å²) in [6.45, 7) is 1.76. The third-order valence-corrected chi connectivity index (χ3v) is 2.66. The van der Waals surface area contributed by atoms with Crippen molar-refractivity contribution in [3.63, 3.8) is 0 Å². The lowest BCUT2D eigenvalue weighted by Gasteiger charge is -2.21. The molecule has 0 saturated heterocycles. The second kappa shape index (κ2) is 4.45. The lowest BCUT2D eigenvalue weighted by atomic mass is 9.81. The fraction of sp³-hybridized carbons (Fsp3) is 0.364. The Bertz CT molecular complexity index is 359. The number of aliphatic hydroxyl groups is 1. The molecule has 74 valence electrons. The number of hydrogen-bond donors (Lipinski definition) is 1. The number of benzene rings is 1. The van der Waals surface area contributed by atoms with E-state index in [2.05, 4.69) is 6.07 Å². The molecule has 0 aliphatic carbocycles. The van der Waals surface area contributed by atoms with E-state index in [9.17, 15) is 0 Å². The minimum atomic E-state index is -0.701. The molecule has 1 aromatic carbocycles. The Morgan fingerprint density at radius 3 is 2.64 bits per heavy atom. The van der Waals surface area contributed by atoms with Crippen LogP contribution in [0.3, 0.4) is 0 Å². The fourth-order valence-corrected chi connectivity index (χ4v) is 1.73. The number of hydrogen-bond acceptors (Lipinski definition) is 2. The van der Waals surface area contributed by atoms with Crippen LogP contribution in [0.4, 0.5) is 0 Å². The Morgan fingerprint density at radius 1 is 1.50 bits per heavy atom. The normalized spacial score (nSPS) is 14.4. The van der Waals surface area contributed by atoms with E-state index in [4.69, 9.17) is 22.0 Å². The molecule has 0 aliphatic heterocycles. The van der Waals surface area contributed by atoms with Crippen LogP contribution in [-0.2, 0) is 5.41 Å². The van der Waals surface area contributed by atoms with Gasteiger partial charge in [-0.25, -0.2) is 0 Å². The van der Waals surface area contributed by atoms with Crippen LogP contribution in [0, 0.1) is 11.3 Å². The van der Waals surface area contributed by atoms with Gasteiger partial charge < -0.3 is 5.11 Å². The molecular formula is C11H12ClNO. The summed E-state index contributed by atoms with van der Waals surface area (Å²) in [7, 11) is 0. The van der Waals surface area contributed by atoms with Gasteiger partial charge in [0, 0.05) is 11.6 Å². The van der Waals surface area contributed by atoms with E-state index in [0.29, 0.717) is 11.4 Å². The van der Waals surface area contributed by atoms with Crippen LogP contribution in [0.25, 0.3) is 0 Å². The van der Waals surface area contributed by atoms with Gasteiger partial charge >= 0.3 is 0 Å². The summed E-state index contributed by atoms with van der Waals surface area (Å²) in [4.78, 5) is 0. The van der Waals surface area contributed by atoms with Crippen molar-refractivity contribution in [2.45, 2.75) is 18.8 Å². The van der Waals surface area contributed by atoms with E-state index in [-0.39, 0.29) is 6.61 Å². The summed E-state index contributed by atoms with van der Waals surface area (Å²) >= 11 is 5.99. The third-order valence-electron chi connectivity index (χ3n) is 2.33. The zero-order valence-corrected chi connectivity index (χ0v) is 8.75. The quantitative estimate of drug-likeness (QED) is 0.832. The van der Waals surface area contributed by atoms with Crippen molar-refractivity contribution in [1.29, 1.82) is 5.26 Å². The lowest BCUT2D eigenvalue weighted by molar-refractivity contribution is 0.264. The van der Waals surface area contributed by atoms with Crippen LogP contribution in [0.2, 0.25) is 5.02 Å². The van der Waals surface area contributed by atoms with Gasteiger partial charge in [-0.2, -0.15) is 5.26 Å². The smallest absolute Gasteiger partial charge is 0.0830 e. The molecule has 0 saturated carbocycles. The summed E-state index contributed by atoms with van der Waals surface area (Å²) in [5.74, 6) is 0. The molecule has 14 heavy (non-hydrogen) atoms. The van der Waals surface area contributed by atoms with Gasteiger partial charge in [-0.3, -0.25) is 0 Å². The molecule has 0 spiro atoms. The highest BCUT2D eigenvalue weighted by Gasteiger charge is 2.27. The van der Waals surface area contributed by atoms with Crippen LogP contribution in [0.5, 0.6) is 0 Å². The molecule has 3 heteroatoms. The monoisotopic (exact) mass is 209 g/mol. The maximum absolute atomic E-state index is 9.07. The first-order valence-corrected chi connectivity index (χ1v) is 4.79. The Morgan fingerprint density at radius 2 is 2.14 bits per heavy atom. The van der Waals surface area contributed by atoms with Crippen molar-refractivity contribution in [3.8, 4) is 6.07 Å². The van der Waals surface area contributed by atoms with E-state index >= 15 is 0 Å². The molecular weight excluding hydrogens is 198 g/mol. The van der Waals surface area contributed by atoms with Gasteiger partial charge in [0.1, 0.15) is 0 Å². The predicted octanol–water partition coefficient (Wildman–Crippen LogP) is 2.50. The topological polar surface area (TPSA) is 44.0 Å². The Labute approximate surface area is 88.7 Å². The van der Waals surface area contributed by atoms with Gasteiger partial charge in [-0.15, -0.1) is 0 Å². The van der Waals surface area contributed by atoms with Gasteiger partial charge in [0.05, 0.1) is 11.5 Å². The van der Waals surface area contributed by atoms with Crippen LogP contribution < -0.4 is 0 Å². The van der Waals surface area contributed by atoms with Crippen molar-refractivity contribution in [2.75, 3.05) is 6.61 Å². The van der Waals surface area contributed by atoms with Gasteiger partial charge in [0.15, 0.2) is 0 Å². The average Bonchev–Trinajstić information content (AvgIpc) is 2.18. The third kappa shape index (κ3) is 2.06. The summed E-state index contributed by atoms with van der Waals surface area (Å²) in [5.41, 5.74) is 0.0748. The van der Waals surface area contributed by atoms with Gasteiger partial charge in [0.25, 0.3) is 0 Å². The first kappa shape index (κ1) is 11.0. The summed E-state index contributed by atoms with van der Waals surface area (Å²) in [5, 5.41) is 18.5. The molecule has 1 rings (SSSR count). The zero-order valence-electron chi connectivity index (χ0n) is 8.00. The molecule has 0 aromatic heterocycles. The van der Waals surface area contributed by atoms with Crippen molar-refractivity contribution in [2.24, 2.45) is 0 Å². The standard InChI is InChI=1S/C11H12ClNO/c1-11(8-13,6-7-14)9-4-2-3-5-10(9)12/h2-5,14H,6-7H2,1H3. The number of nitriles is 1. The molecule has 1 atom stereocenters. The largest absolute Gasteiger partial charge is 0.396 e. The van der Waals surface area contributed by atoms with Crippen LogP contribution in [-0.4, -0.2) is 11.7 Å². The second-order valence-electron chi connectivity index (χ2n) is 3.40. The SMILES string of the molecule is CC(C#N)(CCO)c1ccccc1Cl. The van der Waals surface area contributed by atoms with Crippen LogP contribution in [0.1, 0.15) is 18.9 Å². The Kier molecular flexibility index (Phi) is 3.51. The molecule has 2 nitrogen and oxygen atoms in total. The summed E-state index contributed by atoms with van der Waals surface area (Å²) in [6, 6.07) is 9.43. The van der Waals surface area contributed by atoms with E-state index in [1.54, 1.807) is 13.0 Å². The number of halogens is 1. The molecule has 1 unspecified atom stereocenters. The first-order chi connectivity index (χ1) is 6.64. The molecule has 0 amide bonds. The highest BCUT2D eigenvalue weighted by atomic mass is 35.5. The molecule has 0 radical (unpaired) electrons. The number of nitrogens with zero attached hydrogens (tertiary/aromatic N) is 1. The molecule has 1 N–H and O–H groups in total. The van der Waals surface area contributed by atoms with Gasteiger partial charge in [-0.05, 0) is 25.0 Å². The van der Waals surface area contributed by atoms with Gasteiger partial charge in [-0.1, -0.05) is 29.8 Å². The zero-order chi connectivity index (χ0) is 10.6. The highest BCUT2D eigenvalue weighted by Crippen LogP contribution is 2.31. The minimum Gasteiger partial charge on any atom is -0.396 e. The van der Waals surface area contributed by atoms with Crippen molar-refractivity contribution < 1.29 is 5.11 Å². The van der Waals surface area contributed by atoms with E-state index < -0.39 is 5.41 Å². The number of rotatable bonds is 3. The maximum Gasteiger partial charge on any atom is 0.0830 e.